The lowest BCUT2D eigenvalue weighted by Gasteiger charge is -2.17. The highest BCUT2D eigenvalue weighted by Crippen LogP contribution is 2.33. The molecular formula is C22H21F4N5O2S. The summed E-state index contributed by atoms with van der Waals surface area (Å²) in [5.41, 5.74) is 1.05. The maximum Gasteiger partial charge on any atom is 0.258 e. The van der Waals surface area contributed by atoms with Crippen molar-refractivity contribution in [1.29, 1.82) is 0 Å². The first-order valence-corrected chi connectivity index (χ1v) is 11.9. The molecule has 7 nitrogen and oxygen atoms in total. The zero-order valence-electron chi connectivity index (χ0n) is 17.9. The largest absolute Gasteiger partial charge is 0.481 e. The van der Waals surface area contributed by atoms with E-state index >= 15 is 4.39 Å². The SMILES string of the molecule is O=C(COc1cc(F)ccc1Nc1ncnc2cc(N=S3CCC3)cc(F)c12)NC(CF)CF. The summed E-state index contributed by atoms with van der Waals surface area (Å²) >= 11 is 0. The Bertz CT molecular complexity index is 1230. The van der Waals surface area contributed by atoms with Crippen LogP contribution in [0.1, 0.15) is 6.42 Å². The quantitative estimate of drug-likeness (QED) is 0.433. The van der Waals surface area contributed by atoms with Crippen LogP contribution in [0.25, 0.3) is 10.9 Å². The molecule has 0 saturated carbocycles. The minimum absolute atomic E-state index is 0.0721. The van der Waals surface area contributed by atoms with Crippen LogP contribution in [0.3, 0.4) is 0 Å². The number of halogens is 4. The van der Waals surface area contributed by atoms with E-state index in [1.807, 2.05) is 0 Å². The van der Waals surface area contributed by atoms with Gasteiger partial charge in [0.2, 0.25) is 0 Å². The number of aromatic nitrogens is 2. The minimum atomic E-state index is -1.28. The first-order valence-electron chi connectivity index (χ1n) is 10.4. The van der Waals surface area contributed by atoms with E-state index in [-0.39, 0.29) is 33.3 Å². The molecule has 2 heterocycles. The Morgan fingerprint density at radius 3 is 2.65 bits per heavy atom. The van der Waals surface area contributed by atoms with E-state index in [0.717, 1.165) is 30.1 Å². The van der Waals surface area contributed by atoms with Crippen molar-refractivity contribution in [1.82, 2.24) is 15.3 Å². The predicted octanol–water partition coefficient (Wildman–Crippen LogP) is 4.29. The van der Waals surface area contributed by atoms with Gasteiger partial charge < -0.3 is 15.4 Å². The van der Waals surface area contributed by atoms with Crippen LogP contribution < -0.4 is 15.4 Å². The molecule has 0 bridgehead atoms. The number of benzene rings is 2. The van der Waals surface area contributed by atoms with E-state index in [1.54, 1.807) is 6.07 Å². The first kappa shape index (κ1) is 23.9. The van der Waals surface area contributed by atoms with Crippen molar-refractivity contribution in [3.63, 3.8) is 0 Å². The molecule has 3 aromatic rings. The van der Waals surface area contributed by atoms with Gasteiger partial charge in [0.25, 0.3) is 5.91 Å². The molecule has 0 spiro atoms. The summed E-state index contributed by atoms with van der Waals surface area (Å²) in [6, 6.07) is 5.22. The lowest BCUT2D eigenvalue weighted by Crippen LogP contribution is -2.40. The Morgan fingerprint density at radius 1 is 1.15 bits per heavy atom. The smallest absolute Gasteiger partial charge is 0.258 e. The molecule has 1 aromatic heterocycles. The van der Waals surface area contributed by atoms with Gasteiger partial charge in [-0.05, 0) is 24.6 Å². The maximum absolute atomic E-state index is 15.0. The van der Waals surface area contributed by atoms with E-state index in [9.17, 15) is 18.0 Å². The molecule has 0 atom stereocenters. The van der Waals surface area contributed by atoms with E-state index in [1.165, 1.54) is 18.5 Å². The molecule has 1 fully saturated rings. The highest BCUT2D eigenvalue weighted by atomic mass is 32.2. The molecule has 1 amide bonds. The van der Waals surface area contributed by atoms with Gasteiger partial charge in [0.15, 0.2) is 6.61 Å². The summed E-state index contributed by atoms with van der Waals surface area (Å²) in [5.74, 6) is 0.0443. The zero-order chi connectivity index (χ0) is 24.1. The van der Waals surface area contributed by atoms with Crippen molar-refractivity contribution in [2.24, 2.45) is 4.36 Å². The van der Waals surface area contributed by atoms with E-state index < -0.39 is 43.5 Å². The number of nitrogens with zero attached hydrogens (tertiary/aromatic N) is 3. The number of nitrogens with one attached hydrogen (secondary N) is 2. The van der Waals surface area contributed by atoms with Crippen molar-refractivity contribution < 1.29 is 27.1 Å². The molecule has 4 rings (SSSR count). The topological polar surface area (TPSA) is 88.5 Å². The van der Waals surface area contributed by atoms with Crippen LogP contribution in [0.2, 0.25) is 0 Å². The normalized spacial score (nSPS) is 13.6. The van der Waals surface area contributed by atoms with Crippen LogP contribution in [0.15, 0.2) is 41.0 Å². The van der Waals surface area contributed by atoms with E-state index in [4.69, 9.17) is 4.74 Å². The molecule has 0 aliphatic carbocycles. The minimum Gasteiger partial charge on any atom is -0.481 e. The second-order valence-electron chi connectivity index (χ2n) is 7.49. The molecular weight excluding hydrogens is 474 g/mol. The number of ether oxygens (including phenoxy) is 1. The van der Waals surface area contributed by atoms with Crippen LogP contribution in [0.5, 0.6) is 5.75 Å². The second-order valence-corrected chi connectivity index (χ2v) is 9.41. The van der Waals surface area contributed by atoms with Gasteiger partial charge in [0.05, 0.1) is 28.3 Å². The molecule has 2 N–H and O–H groups in total. The number of alkyl halides is 2. The molecule has 34 heavy (non-hydrogen) atoms. The fraction of sp³-hybridized carbons (Fsp3) is 0.318. The molecule has 0 unspecified atom stereocenters. The number of rotatable bonds is 9. The first-order chi connectivity index (χ1) is 16.5. The Labute approximate surface area is 195 Å². The predicted molar refractivity (Wildman–Crippen MR) is 122 cm³/mol. The van der Waals surface area contributed by atoms with Gasteiger partial charge in [-0.2, -0.15) is 0 Å². The standard InChI is InChI=1S/C22H21F4N5O2S/c23-9-15(10-24)29-20(32)11-33-19-6-13(25)2-3-17(19)30-22-21-16(26)7-14(31-34-4-1-5-34)8-18(21)27-12-28-22/h2-3,6-8,12,15H,1,4-5,9-11H2,(H,29,32)(H,27,28,30). The number of fused-ring (bicyclic) bond motifs is 1. The van der Waals surface area contributed by atoms with E-state index in [2.05, 4.69) is 25.0 Å². The molecule has 1 aliphatic rings. The second kappa shape index (κ2) is 10.8. The van der Waals surface area contributed by atoms with Crippen molar-refractivity contribution in [2.45, 2.75) is 12.5 Å². The van der Waals surface area contributed by atoms with Crippen molar-refractivity contribution in [2.75, 3.05) is 36.8 Å². The summed E-state index contributed by atoms with van der Waals surface area (Å²) in [6.07, 6.45) is 2.38. The van der Waals surface area contributed by atoms with Gasteiger partial charge >= 0.3 is 0 Å². The third-order valence-electron chi connectivity index (χ3n) is 4.96. The van der Waals surface area contributed by atoms with Crippen LogP contribution in [0.4, 0.5) is 34.8 Å². The lowest BCUT2D eigenvalue weighted by molar-refractivity contribution is -0.124. The molecule has 0 radical (unpaired) electrons. The van der Waals surface area contributed by atoms with Crippen LogP contribution >= 0.6 is 0 Å². The average molecular weight is 496 g/mol. The Balaban J connectivity index is 1.57. The average Bonchev–Trinajstić information content (AvgIpc) is 2.80. The van der Waals surface area contributed by atoms with Gasteiger partial charge in [-0.25, -0.2) is 31.9 Å². The summed E-state index contributed by atoms with van der Waals surface area (Å²) in [5, 5.41) is 5.12. The van der Waals surface area contributed by atoms with E-state index in [0.29, 0.717) is 11.2 Å². The van der Waals surface area contributed by atoms with Crippen molar-refractivity contribution >= 4 is 44.7 Å². The summed E-state index contributed by atoms with van der Waals surface area (Å²) in [6.45, 7) is -2.75. The van der Waals surface area contributed by atoms with Crippen molar-refractivity contribution in [3.8, 4) is 5.75 Å². The summed E-state index contributed by atoms with van der Waals surface area (Å²) in [7, 11) is -0.0795. The maximum atomic E-state index is 15.0. The lowest BCUT2D eigenvalue weighted by atomic mass is 10.2. The van der Waals surface area contributed by atoms with Gasteiger partial charge in [0, 0.05) is 23.6 Å². The van der Waals surface area contributed by atoms with Crippen LogP contribution in [-0.2, 0) is 15.5 Å². The van der Waals surface area contributed by atoms with Gasteiger partial charge in [0.1, 0.15) is 42.9 Å². The van der Waals surface area contributed by atoms with Crippen LogP contribution in [0, 0.1) is 11.6 Å². The Hall–Kier alpha value is -3.28. The number of hydrogen-bond donors (Lipinski definition) is 2. The van der Waals surface area contributed by atoms with Gasteiger partial charge in [-0.3, -0.25) is 4.79 Å². The summed E-state index contributed by atoms with van der Waals surface area (Å²) in [4.78, 5) is 20.1. The number of carbonyl (C=O) groups is 1. The van der Waals surface area contributed by atoms with Gasteiger partial charge in [-0.1, -0.05) is 10.7 Å². The summed E-state index contributed by atoms with van der Waals surface area (Å²) < 4.78 is 63.9. The van der Waals surface area contributed by atoms with Crippen LogP contribution in [-0.4, -0.2) is 53.4 Å². The number of anilines is 2. The molecule has 180 valence electrons. The number of carbonyl (C=O) groups excluding carboxylic acids is 1. The third kappa shape index (κ3) is 5.61. The molecule has 1 aliphatic heterocycles. The molecule has 1 saturated heterocycles. The third-order valence-corrected chi connectivity index (χ3v) is 6.95. The monoisotopic (exact) mass is 495 g/mol. The Kier molecular flexibility index (Phi) is 7.56. The van der Waals surface area contributed by atoms with Gasteiger partial charge in [-0.15, -0.1) is 0 Å². The fourth-order valence-electron chi connectivity index (χ4n) is 3.17. The van der Waals surface area contributed by atoms with Crippen molar-refractivity contribution in [3.05, 3.63) is 48.3 Å². The zero-order valence-corrected chi connectivity index (χ0v) is 18.7. The highest BCUT2D eigenvalue weighted by molar-refractivity contribution is 7.88. The number of hydrogen-bond acceptors (Lipinski definition) is 6. The molecule has 2 aromatic carbocycles. The molecule has 12 heteroatoms. The Morgan fingerprint density at radius 2 is 1.94 bits per heavy atom. The fourth-order valence-corrected chi connectivity index (χ4v) is 4.30. The number of amides is 1. The highest BCUT2D eigenvalue weighted by Gasteiger charge is 2.17.